The van der Waals surface area contributed by atoms with E-state index in [1.54, 1.807) is 12.1 Å². The third-order valence-electron chi connectivity index (χ3n) is 2.65. The number of nitro groups is 1. The lowest BCUT2D eigenvalue weighted by Crippen LogP contribution is -1.91. The zero-order chi connectivity index (χ0) is 11.5. The number of nitro benzene ring substituents is 1. The van der Waals surface area contributed by atoms with Gasteiger partial charge in [-0.1, -0.05) is 30.9 Å². The van der Waals surface area contributed by atoms with Gasteiger partial charge in [-0.25, -0.2) is 0 Å². The molecule has 0 aromatic heterocycles. The fourth-order valence-electron chi connectivity index (χ4n) is 1.53. The van der Waals surface area contributed by atoms with Gasteiger partial charge in [-0.15, -0.1) is 0 Å². The van der Waals surface area contributed by atoms with Crippen molar-refractivity contribution in [1.82, 2.24) is 0 Å². The Balaban J connectivity index is 2.29. The molecule has 1 aromatic rings. The van der Waals surface area contributed by atoms with E-state index in [1.165, 1.54) is 18.9 Å². The summed E-state index contributed by atoms with van der Waals surface area (Å²) in [5, 5.41) is 10.8. The Hall–Kier alpha value is -1.90. The average Bonchev–Trinajstić information content (AvgIpc) is 3.09. The van der Waals surface area contributed by atoms with Crippen LogP contribution in [0.4, 0.5) is 5.69 Å². The van der Waals surface area contributed by atoms with Crippen molar-refractivity contribution in [3.05, 3.63) is 52.1 Å². The first-order chi connectivity index (χ1) is 7.70. The summed E-state index contributed by atoms with van der Waals surface area (Å²) in [6.45, 7) is 3.57. The number of allylic oxidation sites excluding steroid dienone is 1. The van der Waals surface area contributed by atoms with Crippen LogP contribution in [0.2, 0.25) is 0 Å². The molecule has 0 radical (unpaired) electrons. The summed E-state index contributed by atoms with van der Waals surface area (Å²) in [5.41, 5.74) is 1.56. The highest BCUT2D eigenvalue weighted by molar-refractivity contribution is 5.64. The van der Waals surface area contributed by atoms with Gasteiger partial charge in [-0.05, 0) is 30.4 Å². The number of hydrogen-bond donors (Lipinski definition) is 0. The minimum absolute atomic E-state index is 0.118. The van der Waals surface area contributed by atoms with Crippen LogP contribution in [-0.4, -0.2) is 4.92 Å². The quantitative estimate of drug-likeness (QED) is 0.568. The molecule has 0 heterocycles. The molecule has 0 spiro atoms. The van der Waals surface area contributed by atoms with Gasteiger partial charge >= 0.3 is 0 Å². The molecule has 82 valence electrons. The summed E-state index contributed by atoms with van der Waals surface area (Å²) in [6, 6.07) is 5.20. The maximum absolute atomic E-state index is 10.8. The van der Waals surface area contributed by atoms with E-state index in [9.17, 15) is 10.1 Å². The minimum atomic E-state index is -0.370. The smallest absolute Gasteiger partial charge is 0.258 e. The fourth-order valence-corrected chi connectivity index (χ4v) is 1.53. The van der Waals surface area contributed by atoms with Crippen LogP contribution in [0.1, 0.15) is 24.0 Å². The first kappa shape index (κ1) is 10.6. The van der Waals surface area contributed by atoms with Crippen molar-refractivity contribution in [2.24, 2.45) is 5.92 Å². The van der Waals surface area contributed by atoms with E-state index in [-0.39, 0.29) is 10.6 Å². The van der Waals surface area contributed by atoms with Crippen molar-refractivity contribution in [3.63, 3.8) is 0 Å². The molecule has 0 atom stereocenters. The molecule has 1 aliphatic carbocycles. The topological polar surface area (TPSA) is 43.1 Å². The van der Waals surface area contributed by atoms with Crippen LogP contribution in [-0.2, 0) is 0 Å². The van der Waals surface area contributed by atoms with Gasteiger partial charge in [0.2, 0.25) is 0 Å². The van der Waals surface area contributed by atoms with Gasteiger partial charge in [0.1, 0.15) is 0 Å². The third-order valence-corrected chi connectivity index (χ3v) is 2.65. The van der Waals surface area contributed by atoms with E-state index in [0.717, 1.165) is 5.56 Å². The molecule has 0 aliphatic heterocycles. The molecule has 1 saturated carbocycles. The predicted molar refractivity (Wildman–Crippen MR) is 64.9 cm³/mol. The van der Waals surface area contributed by atoms with Crippen LogP contribution < -0.4 is 0 Å². The van der Waals surface area contributed by atoms with Crippen LogP contribution in [0.15, 0.2) is 30.9 Å². The summed E-state index contributed by atoms with van der Waals surface area (Å²) >= 11 is 0. The Morgan fingerprint density at radius 1 is 1.44 bits per heavy atom. The molecule has 0 saturated heterocycles. The SMILES string of the molecule is C=Cc1ccc(/C=C/C2CC2)cc1[N+](=O)[O-]. The first-order valence-electron chi connectivity index (χ1n) is 5.30. The molecule has 2 rings (SSSR count). The summed E-state index contributed by atoms with van der Waals surface area (Å²) in [7, 11) is 0. The number of rotatable bonds is 4. The number of hydrogen-bond acceptors (Lipinski definition) is 2. The Kier molecular flexibility index (Phi) is 2.86. The highest BCUT2D eigenvalue weighted by Gasteiger charge is 2.17. The van der Waals surface area contributed by atoms with Crippen LogP contribution >= 0.6 is 0 Å². The lowest BCUT2D eigenvalue weighted by Gasteiger charge is -1.99. The van der Waals surface area contributed by atoms with Crippen LogP contribution in [0.25, 0.3) is 12.2 Å². The highest BCUT2D eigenvalue weighted by Crippen LogP contribution is 2.31. The number of nitrogens with zero attached hydrogens (tertiary/aromatic N) is 1. The fraction of sp³-hybridized carbons (Fsp3) is 0.231. The van der Waals surface area contributed by atoms with Crippen LogP contribution in [0, 0.1) is 16.0 Å². The minimum Gasteiger partial charge on any atom is -0.258 e. The van der Waals surface area contributed by atoms with Crippen molar-refractivity contribution >= 4 is 17.8 Å². The first-order valence-corrected chi connectivity index (χ1v) is 5.30. The number of benzene rings is 1. The molecule has 0 N–H and O–H groups in total. The van der Waals surface area contributed by atoms with E-state index < -0.39 is 0 Å². The van der Waals surface area contributed by atoms with E-state index in [2.05, 4.69) is 12.7 Å². The highest BCUT2D eigenvalue weighted by atomic mass is 16.6. The second-order valence-electron chi connectivity index (χ2n) is 3.98. The van der Waals surface area contributed by atoms with Gasteiger partial charge in [0.05, 0.1) is 10.5 Å². The molecule has 16 heavy (non-hydrogen) atoms. The van der Waals surface area contributed by atoms with Crippen molar-refractivity contribution in [3.8, 4) is 0 Å². The summed E-state index contributed by atoms with van der Waals surface area (Å²) < 4.78 is 0. The molecule has 1 aromatic carbocycles. The third kappa shape index (κ3) is 2.37. The molecule has 1 aliphatic rings. The standard InChI is InChI=1S/C13H13NO2/c1-2-12-8-7-11(6-5-10-3-4-10)9-13(12)14(15)16/h2,5-10H,1,3-4H2/b6-5+. The van der Waals surface area contributed by atoms with E-state index in [4.69, 9.17) is 0 Å². The molecule has 0 amide bonds. The summed E-state index contributed by atoms with van der Waals surface area (Å²) in [5.74, 6) is 0.679. The van der Waals surface area contributed by atoms with Crippen molar-refractivity contribution in [2.75, 3.05) is 0 Å². The lowest BCUT2D eigenvalue weighted by molar-refractivity contribution is -0.385. The summed E-state index contributed by atoms with van der Waals surface area (Å²) in [4.78, 5) is 10.4. The Labute approximate surface area is 94.3 Å². The molecule has 0 bridgehead atoms. The maximum atomic E-state index is 10.8. The van der Waals surface area contributed by atoms with E-state index in [0.29, 0.717) is 11.5 Å². The zero-order valence-electron chi connectivity index (χ0n) is 8.93. The average molecular weight is 215 g/mol. The molecule has 1 fully saturated rings. The predicted octanol–water partition coefficient (Wildman–Crippen LogP) is 3.66. The van der Waals surface area contributed by atoms with E-state index >= 15 is 0 Å². The van der Waals surface area contributed by atoms with Gasteiger partial charge in [-0.2, -0.15) is 0 Å². The van der Waals surface area contributed by atoms with Gasteiger partial charge in [0.25, 0.3) is 5.69 Å². The Morgan fingerprint density at radius 3 is 2.75 bits per heavy atom. The zero-order valence-corrected chi connectivity index (χ0v) is 8.93. The van der Waals surface area contributed by atoms with Gasteiger partial charge in [0.15, 0.2) is 0 Å². The van der Waals surface area contributed by atoms with Gasteiger partial charge in [-0.3, -0.25) is 10.1 Å². The molecular formula is C13H13NO2. The van der Waals surface area contributed by atoms with Crippen LogP contribution in [0.3, 0.4) is 0 Å². The second-order valence-corrected chi connectivity index (χ2v) is 3.98. The second kappa shape index (κ2) is 4.31. The largest absolute Gasteiger partial charge is 0.277 e. The Morgan fingerprint density at radius 2 is 2.19 bits per heavy atom. The summed E-state index contributed by atoms with van der Waals surface area (Å²) in [6.07, 6.45) is 8.06. The molecule has 3 heteroatoms. The van der Waals surface area contributed by atoms with Gasteiger partial charge in [0, 0.05) is 6.07 Å². The molecular weight excluding hydrogens is 202 g/mol. The van der Waals surface area contributed by atoms with Crippen molar-refractivity contribution in [1.29, 1.82) is 0 Å². The monoisotopic (exact) mass is 215 g/mol. The van der Waals surface area contributed by atoms with Crippen molar-refractivity contribution in [2.45, 2.75) is 12.8 Å². The van der Waals surface area contributed by atoms with Gasteiger partial charge < -0.3 is 0 Å². The molecule has 0 unspecified atom stereocenters. The normalized spacial score (nSPS) is 15.2. The van der Waals surface area contributed by atoms with Crippen molar-refractivity contribution < 1.29 is 4.92 Å². The lowest BCUT2D eigenvalue weighted by atomic mass is 10.1. The molecule has 3 nitrogen and oxygen atoms in total. The van der Waals surface area contributed by atoms with E-state index in [1.807, 2.05) is 12.1 Å². The van der Waals surface area contributed by atoms with Crippen LogP contribution in [0.5, 0.6) is 0 Å². The Bertz CT molecular complexity index is 459. The maximum Gasteiger partial charge on any atom is 0.277 e.